The number of ether oxygens (including phenoxy) is 1. The minimum atomic E-state index is -0.153. The van der Waals surface area contributed by atoms with Crippen LogP contribution >= 0.6 is 0 Å². The van der Waals surface area contributed by atoms with Crippen molar-refractivity contribution in [3.05, 3.63) is 71.8 Å². The lowest BCUT2D eigenvalue weighted by Crippen LogP contribution is -2.68. The molecule has 0 saturated heterocycles. The summed E-state index contributed by atoms with van der Waals surface area (Å²) in [6.45, 7) is 2.95. The maximum Gasteiger partial charge on any atom is 0.311 e. The Morgan fingerprint density at radius 3 is 1.84 bits per heavy atom. The van der Waals surface area contributed by atoms with E-state index in [9.17, 15) is 4.79 Å². The van der Waals surface area contributed by atoms with Crippen molar-refractivity contribution in [1.29, 1.82) is 0 Å². The van der Waals surface area contributed by atoms with E-state index in [0.717, 1.165) is 38.9 Å². The van der Waals surface area contributed by atoms with Crippen molar-refractivity contribution < 1.29 is 9.53 Å². The highest BCUT2D eigenvalue weighted by molar-refractivity contribution is 5.81. The molecule has 3 aliphatic rings. The van der Waals surface area contributed by atoms with E-state index >= 15 is 0 Å². The summed E-state index contributed by atoms with van der Waals surface area (Å²) in [6.07, 6.45) is 2.98. The Kier molecular flexibility index (Phi) is 4.12. The number of methoxy groups -OCH3 is 1. The van der Waals surface area contributed by atoms with Crippen LogP contribution in [0.1, 0.15) is 30.4 Å². The summed E-state index contributed by atoms with van der Waals surface area (Å²) in [5.41, 5.74) is 2.85. The van der Waals surface area contributed by atoms with Crippen LogP contribution in [-0.2, 0) is 22.6 Å². The van der Waals surface area contributed by atoms with E-state index < -0.39 is 0 Å². The molecule has 0 N–H and O–H groups in total. The molecule has 0 radical (unpaired) electrons. The molecule has 3 fully saturated rings. The lowest BCUT2D eigenvalue weighted by Gasteiger charge is -2.69. The molecule has 3 saturated carbocycles. The first-order valence-electron chi connectivity index (χ1n) is 9.02. The molecule has 3 aliphatic carbocycles. The Bertz CT molecular complexity index is 680. The van der Waals surface area contributed by atoms with Gasteiger partial charge >= 0.3 is 5.97 Å². The van der Waals surface area contributed by atoms with Gasteiger partial charge < -0.3 is 4.74 Å². The van der Waals surface area contributed by atoms with Crippen LogP contribution in [0, 0.1) is 10.8 Å². The Morgan fingerprint density at radius 2 is 1.40 bits per heavy atom. The molecular formula is C22H25NO2. The summed E-state index contributed by atoms with van der Waals surface area (Å²) in [5, 5.41) is 0. The van der Waals surface area contributed by atoms with Gasteiger partial charge in [-0.3, -0.25) is 9.69 Å². The molecule has 2 bridgehead atoms. The predicted molar refractivity (Wildman–Crippen MR) is 97.7 cm³/mol. The third-order valence-corrected chi connectivity index (χ3v) is 5.82. The molecule has 130 valence electrons. The molecular weight excluding hydrogens is 310 g/mol. The van der Waals surface area contributed by atoms with Gasteiger partial charge in [0.05, 0.1) is 12.5 Å². The van der Waals surface area contributed by atoms with Gasteiger partial charge in [-0.2, -0.15) is 0 Å². The monoisotopic (exact) mass is 335 g/mol. The standard InChI is InChI=1S/C22H25NO2/c1-25-20(24)22-14-21(15-22,16-22)17-23(12-18-8-4-2-5-9-18)13-19-10-6-3-7-11-19/h2-11H,12-17H2,1H3. The number of carbonyl (C=O) groups is 1. The molecule has 3 nitrogen and oxygen atoms in total. The third kappa shape index (κ3) is 3.09. The molecule has 0 aliphatic heterocycles. The number of hydrogen-bond acceptors (Lipinski definition) is 3. The summed E-state index contributed by atoms with van der Waals surface area (Å²) in [6, 6.07) is 21.3. The maximum atomic E-state index is 11.9. The number of rotatable bonds is 7. The van der Waals surface area contributed by atoms with E-state index in [1.807, 2.05) is 0 Å². The van der Waals surface area contributed by atoms with E-state index in [1.165, 1.54) is 18.2 Å². The first kappa shape index (κ1) is 16.3. The van der Waals surface area contributed by atoms with Crippen LogP contribution in [0.4, 0.5) is 0 Å². The lowest BCUT2D eigenvalue weighted by atomic mass is 9.35. The quantitative estimate of drug-likeness (QED) is 0.716. The molecule has 0 heterocycles. The molecule has 2 aromatic rings. The first-order chi connectivity index (χ1) is 12.1. The maximum absolute atomic E-state index is 11.9. The average molecular weight is 335 g/mol. The fraction of sp³-hybridized carbons (Fsp3) is 0.409. The second-order valence-electron chi connectivity index (χ2n) is 7.92. The van der Waals surface area contributed by atoms with Crippen LogP contribution in [-0.4, -0.2) is 24.5 Å². The lowest BCUT2D eigenvalue weighted by molar-refractivity contribution is -0.231. The van der Waals surface area contributed by atoms with E-state index in [-0.39, 0.29) is 11.4 Å². The molecule has 0 unspecified atom stereocenters. The number of hydrogen-bond donors (Lipinski definition) is 0. The van der Waals surface area contributed by atoms with Gasteiger partial charge in [0.2, 0.25) is 0 Å². The van der Waals surface area contributed by atoms with Gasteiger partial charge in [0.15, 0.2) is 0 Å². The zero-order chi connectivity index (χ0) is 17.3. The highest BCUT2D eigenvalue weighted by atomic mass is 16.5. The van der Waals surface area contributed by atoms with Crippen molar-refractivity contribution in [3.63, 3.8) is 0 Å². The van der Waals surface area contributed by atoms with Gasteiger partial charge in [-0.05, 0) is 35.8 Å². The zero-order valence-corrected chi connectivity index (χ0v) is 14.8. The van der Waals surface area contributed by atoms with Crippen LogP contribution < -0.4 is 0 Å². The van der Waals surface area contributed by atoms with Gasteiger partial charge in [-0.1, -0.05) is 60.7 Å². The van der Waals surface area contributed by atoms with Gasteiger partial charge in [0.25, 0.3) is 0 Å². The fourth-order valence-corrected chi connectivity index (χ4v) is 4.92. The number of esters is 1. The Morgan fingerprint density at radius 1 is 0.920 bits per heavy atom. The van der Waals surface area contributed by atoms with Gasteiger partial charge in [0, 0.05) is 19.6 Å². The Labute approximate surface area is 149 Å². The Balaban J connectivity index is 1.44. The number of carbonyl (C=O) groups excluding carboxylic acids is 1. The topological polar surface area (TPSA) is 29.5 Å². The Hall–Kier alpha value is -2.13. The molecule has 0 amide bonds. The fourth-order valence-electron chi connectivity index (χ4n) is 4.92. The van der Waals surface area contributed by atoms with E-state index in [1.54, 1.807) is 0 Å². The molecule has 0 atom stereocenters. The SMILES string of the molecule is COC(=O)C12CC(CN(Cc3ccccc3)Cc3ccccc3)(C1)C2. The summed E-state index contributed by atoms with van der Waals surface area (Å²) in [5.74, 6) is -0.00737. The van der Waals surface area contributed by atoms with Gasteiger partial charge in [0.1, 0.15) is 0 Å². The van der Waals surface area contributed by atoms with Crippen molar-refractivity contribution in [2.75, 3.05) is 13.7 Å². The van der Waals surface area contributed by atoms with Crippen molar-refractivity contribution in [2.24, 2.45) is 10.8 Å². The van der Waals surface area contributed by atoms with Crippen LogP contribution in [0.25, 0.3) is 0 Å². The first-order valence-corrected chi connectivity index (χ1v) is 9.02. The van der Waals surface area contributed by atoms with Gasteiger partial charge in [-0.25, -0.2) is 0 Å². The van der Waals surface area contributed by atoms with E-state index in [4.69, 9.17) is 4.74 Å². The van der Waals surface area contributed by atoms with Crippen molar-refractivity contribution >= 4 is 5.97 Å². The van der Waals surface area contributed by atoms with Crippen LogP contribution in [0.5, 0.6) is 0 Å². The third-order valence-electron chi connectivity index (χ3n) is 5.82. The second kappa shape index (κ2) is 6.30. The molecule has 3 heteroatoms. The molecule has 0 aromatic heterocycles. The van der Waals surface area contributed by atoms with Crippen LogP contribution in [0.2, 0.25) is 0 Å². The highest BCUT2D eigenvalue weighted by Crippen LogP contribution is 2.73. The van der Waals surface area contributed by atoms with Crippen LogP contribution in [0.15, 0.2) is 60.7 Å². The van der Waals surface area contributed by atoms with Crippen LogP contribution in [0.3, 0.4) is 0 Å². The largest absolute Gasteiger partial charge is 0.469 e. The zero-order valence-electron chi connectivity index (χ0n) is 14.8. The second-order valence-corrected chi connectivity index (χ2v) is 7.92. The number of nitrogens with zero attached hydrogens (tertiary/aromatic N) is 1. The van der Waals surface area contributed by atoms with Crippen molar-refractivity contribution in [1.82, 2.24) is 4.90 Å². The number of benzene rings is 2. The summed E-state index contributed by atoms with van der Waals surface area (Å²) >= 11 is 0. The van der Waals surface area contributed by atoms with Crippen molar-refractivity contribution in [3.8, 4) is 0 Å². The van der Waals surface area contributed by atoms with Crippen molar-refractivity contribution in [2.45, 2.75) is 32.4 Å². The summed E-state index contributed by atoms with van der Waals surface area (Å²) in [7, 11) is 1.51. The molecule has 25 heavy (non-hydrogen) atoms. The summed E-state index contributed by atoms with van der Waals surface area (Å²) < 4.78 is 4.98. The predicted octanol–water partition coefficient (Wildman–Crippen LogP) is 4.03. The summed E-state index contributed by atoms with van der Waals surface area (Å²) in [4.78, 5) is 14.5. The highest BCUT2D eigenvalue weighted by Gasteiger charge is 2.72. The minimum Gasteiger partial charge on any atom is -0.469 e. The van der Waals surface area contributed by atoms with E-state index in [2.05, 4.69) is 65.6 Å². The molecule has 0 spiro atoms. The van der Waals surface area contributed by atoms with E-state index in [0.29, 0.717) is 5.41 Å². The molecule has 5 rings (SSSR count). The normalized spacial score (nSPS) is 26.6. The smallest absolute Gasteiger partial charge is 0.311 e. The average Bonchev–Trinajstić information content (AvgIpc) is 2.58. The molecule has 2 aromatic carbocycles. The minimum absolute atomic E-state index is 0.00737. The van der Waals surface area contributed by atoms with Gasteiger partial charge in [-0.15, -0.1) is 0 Å².